The van der Waals surface area contributed by atoms with Gasteiger partial charge in [-0.25, -0.2) is 0 Å². The zero-order valence-corrected chi connectivity index (χ0v) is 12.6. The number of hydrogen-bond acceptors (Lipinski definition) is 2. The van der Waals surface area contributed by atoms with Crippen molar-refractivity contribution >= 4 is 0 Å². The Hall–Kier alpha value is -0.0800. The molecular weight excluding hydrogens is 210 g/mol. The van der Waals surface area contributed by atoms with Crippen molar-refractivity contribution in [1.29, 1.82) is 0 Å². The third-order valence-electron chi connectivity index (χ3n) is 3.18. The molecule has 2 nitrogen and oxygen atoms in total. The monoisotopic (exact) mass is 243 g/mol. The first-order valence-electron chi connectivity index (χ1n) is 7.36. The Bertz CT molecular complexity index is 157. The first-order valence-corrected chi connectivity index (χ1v) is 7.36. The van der Waals surface area contributed by atoms with E-state index in [4.69, 9.17) is 4.74 Å². The van der Waals surface area contributed by atoms with Gasteiger partial charge < -0.3 is 10.1 Å². The van der Waals surface area contributed by atoms with Crippen LogP contribution in [0.2, 0.25) is 0 Å². The molecule has 0 fully saturated rings. The Kier molecular flexibility index (Phi) is 11.0. The Labute approximate surface area is 109 Å². The molecule has 0 aliphatic carbocycles. The molecule has 0 saturated heterocycles. The summed E-state index contributed by atoms with van der Waals surface area (Å²) in [7, 11) is 0. The SMILES string of the molecule is CCCCOCCC(CNCC(C)C)C(C)C. The molecule has 0 spiro atoms. The van der Waals surface area contributed by atoms with Gasteiger partial charge in [-0.1, -0.05) is 41.0 Å². The highest BCUT2D eigenvalue weighted by Crippen LogP contribution is 2.14. The predicted octanol–water partition coefficient (Wildman–Crippen LogP) is 3.71. The van der Waals surface area contributed by atoms with Gasteiger partial charge in [0.05, 0.1) is 0 Å². The van der Waals surface area contributed by atoms with Crippen molar-refractivity contribution in [2.24, 2.45) is 17.8 Å². The second-order valence-corrected chi connectivity index (χ2v) is 5.81. The summed E-state index contributed by atoms with van der Waals surface area (Å²) >= 11 is 0. The molecule has 0 bridgehead atoms. The van der Waals surface area contributed by atoms with Crippen molar-refractivity contribution < 1.29 is 4.74 Å². The van der Waals surface area contributed by atoms with Crippen molar-refractivity contribution in [1.82, 2.24) is 5.32 Å². The first-order chi connectivity index (χ1) is 8.07. The zero-order valence-electron chi connectivity index (χ0n) is 12.6. The van der Waals surface area contributed by atoms with Crippen molar-refractivity contribution in [3.8, 4) is 0 Å². The van der Waals surface area contributed by atoms with Crippen molar-refractivity contribution in [3.05, 3.63) is 0 Å². The van der Waals surface area contributed by atoms with Crippen LogP contribution in [0.3, 0.4) is 0 Å². The molecule has 0 heterocycles. The van der Waals surface area contributed by atoms with Crippen LogP contribution >= 0.6 is 0 Å². The quantitative estimate of drug-likeness (QED) is 0.559. The number of unbranched alkanes of at least 4 members (excludes halogenated alkanes) is 1. The summed E-state index contributed by atoms with van der Waals surface area (Å²) < 4.78 is 5.65. The molecule has 0 aromatic rings. The Morgan fingerprint density at radius 1 is 1.00 bits per heavy atom. The second kappa shape index (κ2) is 11.0. The van der Waals surface area contributed by atoms with Crippen LogP contribution in [0, 0.1) is 17.8 Å². The van der Waals surface area contributed by atoms with E-state index < -0.39 is 0 Å². The summed E-state index contributed by atoms with van der Waals surface area (Å²) in [6, 6.07) is 0. The molecule has 1 unspecified atom stereocenters. The van der Waals surface area contributed by atoms with Crippen molar-refractivity contribution in [3.63, 3.8) is 0 Å². The second-order valence-electron chi connectivity index (χ2n) is 5.81. The fraction of sp³-hybridized carbons (Fsp3) is 1.00. The van der Waals surface area contributed by atoms with Gasteiger partial charge in [0.25, 0.3) is 0 Å². The van der Waals surface area contributed by atoms with E-state index in [1.54, 1.807) is 0 Å². The minimum atomic E-state index is 0.739. The maximum atomic E-state index is 5.65. The Morgan fingerprint density at radius 3 is 2.24 bits per heavy atom. The summed E-state index contributed by atoms with van der Waals surface area (Å²) in [5.74, 6) is 2.23. The number of ether oxygens (including phenoxy) is 1. The number of rotatable bonds is 11. The van der Waals surface area contributed by atoms with Gasteiger partial charge in [-0.2, -0.15) is 0 Å². The van der Waals surface area contributed by atoms with Gasteiger partial charge in [0, 0.05) is 13.2 Å². The Morgan fingerprint density at radius 2 is 1.71 bits per heavy atom. The molecular formula is C15H33NO. The largest absolute Gasteiger partial charge is 0.381 e. The summed E-state index contributed by atoms with van der Waals surface area (Å²) in [4.78, 5) is 0. The molecule has 104 valence electrons. The van der Waals surface area contributed by atoms with E-state index in [1.807, 2.05) is 0 Å². The molecule has 0 aliphatic heterocycles. The van der Waals surface area contributed by atoms with Crippen LogP contribution in [-0.4, -0.2) is 26.3 Å². The van der Waals surface area contributed by atoms with Crippen molar-refractivity contribution in [2.75, 3.05) is 26.3 Å². The van der Waals surface area contributed by atoms with E-state index in [-0.39, 0.29) is 0 Å². The summed E-state index contributed by atoms with van der Waals surface area (Å²) in [5, 5.41) is 3.56. The molecule has 0 aromatic carbocycles. The lowest BCUT2D eigenvalue weighted by molar-refractivity contribution is 0.110. The van der Waals surface area contributed by atoms with Crippen LogP contribution < -0.4 is 5.32 Å². The fourth-order valence-corrected chi connectivity index (χ4v) is 1.81. The standard InChI is InChI=1S/C15H33NO/c1-6-7-9-17-10-8-15(14(4)5)12-16-11-13(2)3/h13-16H,6-12H2,1-5H3. The Balaban J connectivity index is 3.60. The van der Waals surface area contributed by atoms with E-state index in [0.29, 0.717) is 0 Å². The fourth-order valence-electron chi connectivity index (χ4n) is 1.81. The van der Waals surface area contributed by atoms with E-state index in [1.165, 1.54) is 19.3 Å². The molecule has 0 radical (unpaired) electrons. The van der Waals surface area contributed by atoms with Gasteiger partial charge in [0.15, 0.2) is 0 Å². The van der Waals surface area contributed by atoms with E-state index in [2.05, 4.69) is 39.9 Å². The predicted molar refractivity (Wildman–Crippen MR) is 76.4 cm³/mol. The lowest BCUT2D eigenvalue weighted by Crippen LogP contribution is -2.29. The van der Waals surface area contributed by atoms with Gasteiger partial charge in [-0.05, 0) is 43.7 Å². The smallest absolute Gasteiger partial charge is 0.0469 e. The highest BCUT2D eigenvalue weighted by Gasteiger charge is 2.12. The minimum absolute atomic E-state index is 0.739. The summed E-state index contributed by atoms with van der Waals surface area (Å²) in [6.07, 6.45) is 3.61. The number of nitrogens with one attached hydrogen (secondary N) is 1. The van der Waals surface area contributed by atoms with E-state index >= 15 is 0 Å². The van der Waals surface area contributed by atoms with Crippen LogP contribution in [0.1, 0.15) is 53.9 Å². The average Bonchev–Trinajstić information content (AvgIpc) is 2.25. The number of hydrogen-bond donors (Lipinski definition) is 1. The van der Waals surface area contributed by atoms with Crippen LogP contribution in [0.25, 0.3) is 0 Å². The topological polar surface area (TPSA) is 21.3 Å². The molecule has 1 atom stereocenters. The lowest BCUT2D eigenvalue weighted by Gasteiger charge is -2.22. The summed E-state index contributed by atoms with van der Waals surface area (Å²) in [5.41, 5.74) is 0. The minimum Gasteiger partial charge on any atom is -0.381 e. The normalized spacial score (nSPS) is 13.6. The van der Waals surface area contributed by atoms with Gasteiger partial charge in [0.1, 0.15) is 0 Å². The molecule has 1 N–H and O–H groups in total. The maximum absolute atomic E-state index is 5.65. The molecule has 17 heavy (non-hydrogen) atoms. The van der Waals surface area contributed by atoms with Gasteiger partial charge in [-0.15, -0.1) is 0 Å². The molecule has 0 aliphatic rings. The van der Waals surface area contributed by atoms with Gasteiger partial charge in [-0.3, -0.25) is 0 Å². The average molecular weight is 243 g/mol. The zero-order chi connectivity index (χ0) is 13.1. The van der Waals surface area contributed by atoms with Crippen LogP contribution in [-0.2, 0) is 4.74 Å². The van der Waals surface area contributed by atoms with Crippen LogP contribution in [0.15, 0.2) is 0 Å². The van der Waals surface area contributed by atoms with Gasteiger partial charge >= 0.3 is 0 Å². The lowest BCUT2D eigenvalue weighted by atomic mass is 9.92. The molecule has 2 heteroatoms. The van der Waals surface area contributed by atoms with Crippen LogP contribution in [0.4, 0.5) is 0 Å². The molecule has 0 saturated carbocycles. The molecule has 0 amide bonds. The molecule has 0 rings (SSSR count). The highest BCUT2D eigenvalue weighted by molar-refractivity contribution is 4.66. The summed E-state index contributed by atoms with van der Waals surface area (Å²) in [6.45, 7) is 15.5. The van der Waals surface area contributed by atoms with Crippen LogP contribution in [0.5, 0.6) is 0 Å². The van der Waals surface area contributed by atoms with Crippen molar-refractivity contribution in [2.45, 2.75) is 53.9 Å². The third kappa shape index (κ3) is 10.8. The van der Waals surface area contributed by atoms with Gasteiger partial charge in [0.2, 0.25) is 0 Å². The highest BCUT2D eigenvalue weighted by atomic mass is 16.5. The first kappa shape index (κ1) is 16.9. The maximum Gasteiger partial charge on any atom is 0.0469 e. The van der Waals surface area contributed by atoms with E-state index in [9.17, 15) is 0 Å². The molecule has 0 aromatic heterocycles. The third-order valence-corrected chi connectivity index (χ3v) is 3.18. The van der Waals surface area contributed by atoms with E-state index in [0.717, 1.165) is 44.1 Å².